The molecule has 2 aliphatic heterocycles. The van der Waals surface area contributed by atoms with Gasteiger partial charge in [-0.1, -0.05) is 30.3 Å². The number of carbonyl (C=O) groups excluding carboxylic acids is 2. The maximum atomic E-state index is 13.1. The lowest BCUT2D eigenvalue weighted by molar-refractivity contribution is -0.0920. The zero-order chi connectivity index (χ0) is 19.7. The van der Waals surface area contributed by atoms with E-state index >= 15 is 0 Å². The average molecular weight is 384 g/mol. The van der Waals surface area contributed by atoms with E-state index in [1.54, 1.807) is 9.47 Å². The Morgan fingerprint density at radius 3 is 2.79 bits per heavy atom. The van der Waals surface area contributed by atoms with Gasteiger partial charge in [0.15, 0.2) is 17.7 Å². The standard InChI is InChI=1S/C20H20N2O6/c1-26-20(25)14-10-21-11-15-22(8-5-9-27-15)19(24)16(21)18(17(14)23)28-12-13-6-3-2-4-7-13/h2-4,6-7,10,15H,5,8-9,11-12H2,1H3. The first kappa shape index (κ1) is 18.2. The summed E-state index contributed by atoms with van der Waals surface area (Å²) < 4.78 is 17.7. The summed E-state index contributed by atoms with van der Waals surface area (Å²) in [5.41, 5.74) is 0.145. The SMILES string of the molecule is COC(=O)c1cn2c(c(OCc3ccccc3)c1=O)C(=O)N1CCCOC1C2. The molecule has 4 rings (SSSR count). The van der Waals surface area contributed by atoms with Crippen molar-refractivity contribution in [2.24, 2.45) is 0 Å². The van der Waals surface area contributed by atoms with Crippen molar-refractivity contribution in [2.75, 3.05) is 20.3 Å². The van der Waals surface area contributed by atoms with Gasteiger partial charge in [0.25, 0.3) is 5.91 Å². The number of esters is 1. The molecule has 2 aromatic rings. The third-order valence-corrected chi connectivity index (χ3v) is 4.89. The van der Waals surface area contributed by atoms with Gasteiger partial charge in [0.2, 0.25) is 5.43 Å². The first-order chi connectivity index (χ1) is 13.6. The maximum absolute atomic E-state index is 13.1. The highest BCUT2D eigenvalue weighted by molar-refractivity contribution is 5.98. The molecule has 8 heteroatoms. The largest absolute Gasteiger partial charge is 0.483 e. The number of amides is 1. The second-order valence-electron chi connectivity index (χ2n) is 6.65. The van der Waals surface area contributed by atoms with Crippen LogP contribution in [-0.2, 0) is 22.6 Å². The van der Waals surface area contributed by atoms with Crippen LogP contribution in [0.4, 0.5) is 0 Å². The minimum Gasteiger partial charge on any atom is -0.483 e. The molecule has 1 aromatic carbocycles. The number of pyridine rings is 1. The second-order valence-corrected chi connectivity index (χ2v) is 6.65. The molecule has 0 aliphatic carbocycles. The predicted octanol–water partition coefficient (Wildman–Crippen LogP) is 1.42. The van der Waals surface area contributed by atoms with E-state index in [1.165, 1.54) is 13.3 Å². The third-order valence-electron chi connectivity index (χ3n) is 4.89. The molecule has 0 saturated carbocycles. The molecule has 0 radical (unpaired) electrons. The molecule has 1 aromatic heterocycles. The van der Waals surface area contributed by atoms with Gasteiger partial charge >= 0.3 is 5.97 Å². The molecule has 1 fully saturated rings. The van der Waals surface area contributed by atoms with Crippen LogP contribution in [0.25, 0.3) is 0 Å². The van der Waals surface area contributed by atoms with Crippen LogP contribution in [0, 0.1) is 0 Å². The summed E-state index contributed by atoms with van der Waals surface area (Å²) in [7, 11) is 1.20. The van der Waals surface area contributed by atoms with Gasteiger partial charge < -0.3 is 23.7 Å². The van der Waals surface area contributed by atoms with Gasteiger partial charge in [-0.25, -0.2) is 4.79 Å². The normalized spacial score (nSPS) is 18.2. The zero-order valence-electron chi connectivity index (χ0n) is 15.4. The van der Waals surface area contributed by atoms with Gasteiger partial charge in [0, 0.05) is 12.7 Å². The third kappa shape index (κ3) is 3.16. The van der Waals surface area contributed by atoms with Gasteiger partial charge in [0.1, 0.15) is 12.2 Å². The number of hydrogen-bond acceptors (Lipinski definition) is 6. The maximum Gasteiger partial charge on any atom is 0.343 e. The summed E-state index contributed by atoms with van der Waals surface area (Å²) in [6.45, 7) is 1.52. The Kier molecular flexibility index (Phi) is 4.87. The van der Waals surface area contributed by atoms with Crippen LogP contribution in [0.15, 0.2) is 41.3 Å². The number of benzene rings is 1. The Morgan fingerprint density at radius 2 is 2.04 bits per heavy atom. The topological polar surface area (TPSA) is 87.1 Å². The highest BCUT2D eigenvalue weighted by Gasteiger charge is 2.38. The average Bonchev–Trinajstić information content (AvgIpc) is 2.73. The zero-order valence-corrected chi connectivity index (χ0v) is 15.4. The highest BCUT2D eigenvalue weighted by atomic mass is 16.5. The van der Waals surface area contributed by atoms with Crippen molar-refractivity contribution >= 4 is 11.9 Å². The van der Waals surface area contributed by atoms with Crippen LogP contribution >= 0.6 is 0 Å². The lowest BCUT2D eigenvalue weighted by Crippen LogP contribution is -2.53. The molecule has 28 heavy (non-hydrogen) atoms. The monoisotopic (exact) mass is 384 g/mol. The van der Waals surface area contributed by atoms with E-state index in [4.69, 9.17) is 14.2 Å². The molecule has 1 saturated heterocycles. The summed E-state index contributed by atoms with van der Waals surface area (Å²) in [6.07, 6.45) is 1.66. The fraction of sp³-hybridized carbons (Fsp3) is 0.350. The molecule has 0 bridgehead atoms. The number of ether oxygens (including phenoxy) is 3. The Labute approximate surface area is 161 Å². The van der Waals surface area contributed by atoms with Crippen LogP contribution in [0.3, 0.4) is 0 Å². The molecular weight excluding hydrogens is 364 g/mol. The van der Waals surface area contributed by atoms with Crippen molar-refractivity contribution < 1.29 is 23.8 Å². The fourth-order valence-electron chi connectivity index (χ4n) is 3.50. The van der Waals surface area contributed by atoms with Gasteiger partial charge in [0.05, 0.1) is 20.3 Å². The van der Waals surface area contributed by atoms with Crippen molar-refractivity contribution in [3.05, 3.63) is 63.6 Å². The highest BCUT2D eigenvalue weighted by Crippen LogP contribution is 2.27. The summed E-state index contributed by atoms with van der Waals surface area (Å²) >= 11 is 0. The van der Waals surface area contributed by atoms with E-state index in [1.807, 2.05) is 30.3 Å². The van der Waals surface area contributed by atoms with E-state index in [2.05, 4.69) is 0 Å². The molecule has 2 aliphatic rings. The van der Waals surface area contributed by atoms with Gasteiger partial charge in [-0.05, 0) is 12.0 Å². The summed E-state index contributed by atoms with van der Waals surface area (Å²) in [6, 6.07) is 9.28. The second kappa shape index (κ2) is 7.47. The lowest BCUT2D eigenvalue weighted by atomic mass is 10.1. The van der Waals surface area contributed by atoms with Crippen molar-refractivity contribution in [1.29, 1.82) is 0 Å². The van der Waals surface area contributed by atoms with Crippen molar-refractivity contribution in [3.8, 4) is 5.75 Å². The number of aromatic nitrogens is 1. The molecule has 8 nitrogen and oxygen atoms in total. The number of carbonyl (C=O) groups is 2. The van der Waals surface area contributed by atoms with Crippen molar-refractivity contribution in [1.82, 2.24) is 9.47 Å². The fourth-order valence-corrected chi connectivity index (χ4v) is 3.50. The lowest BCUT2D eigenvalue weighted by Gasteiger charge is -2.40. The van der Waals surface area contributed by atoms with Crippen LogP contribution in [0.1, 0.15) is 32.8 Å². The molecule has 1 unspecified atom stereocenters. The molecule has 1 amide bonds. The van der Waals surface area contributed by atoms with Crippen molar-refractivity contribution in [3.63, 3.8) is 0 Å². The number of nitrogens with zero attached hydrogens (tertiary/aromatic N) is 2. The van der Waals surface area contributed by atoms with E-state index in [0.29, 0.717) is 19.7 Å². The Morgan fingerprint density at radius 1 is 1.25 bits per heavy atom. The van der Waals surface area contributed by atoms with Crippen LogP contribution in [0.5, 0.6) is 5.75 Å². The quantitative estimate of drug-likeness (QED) is 0.741. The number of methoxy groups -OCH3 is 1. The van der Waals surface area contributed by atoms with Crippen LogP contribution in [0.2, 0.25) is 0 Å². The van der Waals surface area contributed by atoms with Gasteiger partial charge in [-0.3, -0.25) is 9.59 Å². The molecular formula is C20H20N2O6. The molecule has 0 spiro atoms. The van der Waals surface area contributed by atoms with Gasteiger partial charge in [-0.15, -0.1) is 0 Å². The number of fused-ring (bicyclic) bond motifs is 2. The summed E-state index contributed by atoms with van der Waals surface area (Å²) in [4.78, 5) is 39.7. The van der Waals surface area contributed by atoms with E-state index in [0.717, 1.165) is 12.0 Å². The predicted molar refractivity (Wildman–Crippen MR) is 98.2 cm³/mol. The molecule has 146 valence electrons. The van der Waals surface area contributed by atoms with E-state index < -0.39 is 17.6 Å². The Balaban J connectivity index is 1.79. The first-order valence-electron chi connectivity index (χ1n) is 9.05. The van der Waals surface area contributed by atoms with Gasteiger partial charge in [-0.2, -0.15) is 0 Å². The Hall–Kier alpha value is -3.13. The molecule has 0 N–H and O–H groups in total. The summed E-state index contributed by atoms with van der Waals surface area (Å²) in [5.74, 6) is -1.25. The number of hydrogen-bond donors (Lipinski definition) is 0. The Bertz CT molecular complexity index is 969. The first-order valence-corrected chi connectivity index (χ1v) is 9.05. The molecule has 3 heterocycles. The van der Waals surface area contributed by atoms with Crippen LogP contribution < -0.4 is 10.2 Å². The van der Waals surface area contributed by atoms with Crippen molar-refractivity contribution in [2.45, 2.75) is 25.8 Å². The minimum atomic E-state index is -0.774. The van der Waals surface area contributed by atoms with E-state index in [9.17, 15) is 14.4 Å². The van der Waals surface area contributed by atoms with Crippen LogP contribution in [-0.4, -0.2) is 47.8 Å². The summed E-state index contributed by atoms with van der Waals surface area (Å²) in [5, 5.41) is 0. The smallest absolute Gasteiger partial charge is 0.343 e. The number of rotatable bonds is 4. The van der Waals surface area contributed by atoms with E-state index in [-0.39, 0.29) is 29.5 Å². The molecule has 1 atom stereocenters. The minimum absolute atomic E-state index is 0.0981.